The van der Waals surface area contributed by atoms with Crippen molar-refractivity contribution in [3.8, 4) is 0 Å². The van der Waals surface area contributed by atoms with Crippen molar-refractivity contribution in [3.05, 3.63) is 0 Å². The van der Waals surface area contributed by atoms with Crippen LogP contribution < -0.4 is 0 Å². The van der Waals surface area contributed by atoms with Crippen molar-refractivity contribution in [2.45, 2.75) is 0 Å². The molecule has 0 spiro atoms. The number of hydrogen-bond acceptors (Lipinski definition) is 1. The molecule has 0 unspecified atom stereocenters. The van der Waals surface area contributed by atoms with Gasteiger partial charge < -0.3 is 0 Å². The fourth-order valence-electron chi connectivity index (χ4n) is 0. The van der Waals surface area contributed by atoms with Gasteiger partial charge in [-0.2, -0.15) is 0 Å². The molecule has 0 fully saturated rings. The Balaban J connectivity index is -0.00000000500. The molecule has 10 radical (unpaired) electrons. The fraction of sp³-hybridized carbons (Fsp3) is 0. The SMILES string of the molecule is [Ge].[O]=[Ge].[Si]. The summed E-state index contributed by atoms with van der Waals surface area (Å²) in [5.74, 6) is 0. The molecular formula is Ge2OSi. The van der Waals surface area contributed by atoms with Crippen molar-refractivity contribution in [3.63, 3.8) is 0 Å². The molecule has 0 aromatic heterocycles. The van der Waals surface area contributed by atoms with Crippen molar-refractivity contribution < 1.29 is 3.78 Å². The minimum atomic E-state index is 0. The predicted molar refractivity (Wildman–Crippen MR) is 17.9 cm³/mol. The van der Waals surface area contributed by atoms with Crippen LogP contribution in [0.3, 0.4) is 0 Å². The maximum atomic E-state index is 8.25. The van der Waals surface area contributed by atoms with E-state index < -0.39 is 0 Å². The molecule has 4 heavy (non-hydrogen) atoms. The first-order valence-corrected chi connectivity index (χ1v) is 1.06. The Hall–Kier alpha value is 1.10. The second-order valence-electron chi connectivity index (χ2n) is 0. The number of hydrogen-bond donors (Lipinski definition) is 0. The van der Waals surface area contributed by atoms with E-state index in [4.69, 9.17) is 3.78 Å². The van der Waals surface area contributed by atoms with Crippen LogP contribution in [0, 0.1) is 0 Å². The first kappa shape index (κ1) is 19.4. The summed E-state index contributed by atoms with van der Waals surface area (Å²) in [5.41, 5.74) is 0. The van der Waals surface area contributed by atoms with Crippen LogP contribution in [0.2, 0.25) is 0 Å². The van der Waals surface area contributed by atoms with Gasteiger partial charge in [0.25, 0.3) is 0 Å². The normalized spacial score (nSPS) is 1.00. The summed E-state index contributed by atoms with van der Waals surface area (Å²) < 4.78 is 8.25. The molecular weight excluding hydrogens is 189 g/mol. The van der Waals surface area contributed by atoms with Crippen LogP contribution in [-0.2, 0) is 3.78 Å². The Kier molecular flexibility index (Phi) is 158. The zero-order valence-corrected chi connectivity index (χ0v) is 7.10. The van der Waals surface area contributed by atoms with Gasteiger partial charge in [0.15, 0.2) is 0 Å². The van der Waals surface area contributed by atoms with E-state index in [1.54, 1.807) is 0 Å². The molecule has 0 aliphatic heterocycles. The Morgan fingerprint density at radius 1 is 1.25 bits per heavy atom. The van der Waals surface area contributed by atoms with Gasteiger partial charge in [-0.1, -0.05) is 0 Å². The summed E-state index contributed by atoms with van der Waals surface area (Å²) in [5, 5.41) is 0. The summed E-state index contributed by atoms with van der Waals surface area (Å²) in [6.45, 7) is 0. The third kappa shape index (κ3) is 11.3. The quantitative estimate of drug-likeness (QED) is 0.435. The smallest absolute Gasteiger partial charge is 0 e. The molecule has 4 heteroatoms. The van der Waals surface area contributed by atoms with Gasteiger partial charge in [-0.05, 0) is 0 Å². The topological polar surface area (TPSA) is 17.1 Å². The minimum Gasteiger partial charge on any atom is 0 e. The van der Waals surface area contributed by atoms with Crippen LogP contribution in [-0.4, -0.2) is 45.0 Å². The molecule has 0 amide bonds. The Morgan fingerprint density at radius 3 is 1.25 bits per heavy atom. The van der Waals surface area contributed by atoms with E-state index in [9.17, 15) is 0 Å². The second kappa shape index (κ2) is 32.5. The summed E-state index contributed by atoms with van der Waals surface area (Å²) in [7, 11) is 0. The molecule has 0 saturated heterocycles. The zero-order valence-electron chi connectivity index (χ0n) is 1.91. The molecule has 0 aromatic rings. The van der Waals surface area contributed by atoms with Gasteiger partial charge in [0.1, 0.15) is 0 Å². The van der Waals surface area contributed by atoms with Crippen molar-refractivity contribution in [2.75, 3.05) is 0 Å². The van der Waals surface area contributed by atoms with Gasteiger partial charge in [0.2, 0.25) is 0 Å². The van der Waals surface area contributed by atoms with Gasteiger partial charge >= 0.3 is 20.2 Å². The minimum absolute atomic E-state index is 0. The summed E-state index contributed by atoms with van der Waals surface area (Å²) in [4.78, 5) is 0. The van der Waals surface area contributed by atoms with Crippen LogP contribution in [0.5, 0.6) is 0 Å². The third-order valence-electron chi connectivity index (χ3n) is 0. The monoisotopic (exact) mass is 192 g/mol. The van der Waals surface area contributed by atoms with Crippen molar-refractivity contribution in [1.29, 1.82) is 0 Å². The van der Waals surface area contributed by atoms with Gasteiger partial charge in [0, 0.05) is 28.6 Å². The first-order chi connectivity index (χ1) is 1.00. The zero-order chi connectivity index (χ0) is 2.00. The van der Waals surface area contributed by atoms with Crippen molar-refractivity contribution in [2.24, 2.45) is 0 Å². The Morgan fingerprint density at radius 2 is 1.25 bits per heavy atom. The van der Waals surface area contributed by atoms with Gasteiger partial charge in [-0.25, -0.2) is 0 Å². The van der Waals surface area contributed by atoms with E-state index in [-0.39, 0.29) is 28.6 Å². The van der Waals surface area contributed by atoms with Crippen LogP contribution in [0.15, 0.2) is 0 Å². The van der Waals surface area contributed by atoms with Crippen LogP contribution in [0.1, 0.15) is 0 Å². The largest absolute Gasteiger partial charge is 0 e. The van der Waals surface area contributed by atoms with E-state index >= 15 is 0 Å². The van der Waals surface area contributed by atoms with Crippen molar-refractivity contribution >= 4 is 45.0 Å². The maximum Gasteiger partial charge on any atom is 0 e. The first-order valence-electron chi connectivity index (χ1n) is 0.204. The average molecular weight is 189 g/mol. The molecule has 0 aliphatic rings. The summed E-state index contributed by atoms with van der Waals surface area (Å²) in [6, 6.07) is 0. The molecule has 1 nitrogen and oxygen atoms in total. The van der Waals surface area contributed by atoms with Crippen LogP contribution in [0.25, 0.3) is 0 Å². The molecule has 18 valence electrons. The van der Waals surface area contributed by atoms with E-state index in [1.165, 1.54) is 0 Å². The standard InChI is InChI=1S/GeO.Ge.Si/c1-2;;. The molecule has 0 bridgehead atoms. The average Bonchev–Trinajstić information content (AvgIpc) is 1.00. The molecule has 0 N–H and O–H groups in total. The summed E-state index contributed by atoms with van der Waals surface area (Å²) >= 11 is 0.750. The van der Waals surface area contributed by atoms with Crippen LogP contribution in [0.4, 0.5) is 0 Å². The van der Waals surface area contributed by atoms with Gasteiger partial charge in [-0.3, -0.25) is 0 Å². The van der Waals surface area contributed by atoms with E-state index in [1.807, 2.05) is 0 Å². The van der Waals surface area contributed by atoms with E-state index in [0.717, 1.165) is 16.5 Å². The molecule has 0 aliphatic carbocycles. The van der Waals surface area contributed by atoms with Gasteiger partial charge in [-0.15, -0.1) is 0 Å². The predicted octanol–water partition coefficient (Wildman–Crippen LogP) is -1.26. The summed E-state index contributed by atoms with van der Waals surface area (Å²) in [6.07, 6.45) is 0. The third-order valence-corrected chi connectivity index (χ3v) is 0. The van der Waals surface area contributed by atoms with E-state index in [0.29, 0.717) is 0 Å². The second-order valence-corrected chi connectivity index (χ2v) is 0. The molecule has 0 heterocycles. The molecule has 0 saturated carbocycles. The fourth-order valence-corrected chi connectivity index (χ4v) is 0. The van der Waals surface area contributed by atoms with Crippen LogP contribution >= 0.6 is 0 Å². The number of rotatable bonds is 0. The molecule has 0 atom stereocenters. The van der Waals surface area contributed by atoms with Gasteiger partial charge in [0.05, 0.1) is 0 Å². The Bertz CT molecular complexity index is 6.00. The molecule has 0 rings (SSSR count). The molecule has 0 aromatic carbocycles. The maximum absolute atomic E-state index is 8.25. The van der Waals surface area contributed by atoms with E-state index in [2.05, 4.69) is 0 Å². The van der Waals surface area contributed by atoms with Crippen molar-refractivity contribution in [1.82, 2.24) is 0 Å². The Labute approximate surface area is 49.0 Å².